The average molecular weight is 331 g/mol. The first-order valence-corrected chi connectivity index (χ1v) is 9.46. The minimum Gasteiger partial charge on any atom is -0.380 e. The highest BCUT2D eigenvalue weighted by Crippen LogP contribution is 2.34. The van der Waals surface area contributed by atoms with E-state index < -0.39 is 15.8 Å². The van der Waals surface area contributed by atoms with Gasteiger partial charge in [0.25, 0.3) is 0 Å². The lowest BCUT2D eigenvalue weighted by atomic mass is 10.1. The first-order valence-electron chi connectivity index (χ1n) is 6.97. The Morgan fingerprint density at radius 3 is 2.95 bits per heavy atom. The molecule has 0 aliphatic carbocycles. The molecule has 0 spiro atoms. The molecule has 0 saturated carbocycles. The summed E-state index contributed by atoms with van der Waals surface area (Å²) >= 11 is 1.76. The lowest BCUT2D eigenvalue weighted by molar-refractivity contribution is 0.0625. The lowest BCUT2D eigenvalue weighted by Gasteiger charge is -2.42. The molecule has 21 heavy (non-hydrogen) atoms. The molecule has 1 aromatic rings. The Hall–Kier alpha value is -0.630. The molecule has 2 atom stereocenters. The zero-order valence-corrected chi connectivity index (χ0v) is 13.4. The summed E-state index contributed by atoms with van der Waals surface area (Å²) in [5, 5.41) is 0.178. The number of fused-ring (bicyclic) bond motifs is 1. The third-order valence-corrected chi connectivity index (χ3v) is 7.10. The number of hydrogen-bond donors (Lipinski definition) is 0. The van der Waals surface area contributed by atoms with E-state index in [2.05, 4.69) is 0 Å². The molecule has 7 heteroatoms. The van der Waals surface area contributed by atoms with Gasteiger partial charge in [-0.15, -0.1) is 0 Å². The van der Waals surface area contributed by atoms with Crippen molar-refractivity contribution in [1.82, 2.24) is 4.31 Å². The highest BCUT2D eigenvalue weighted by atomic mass is 32.2. The molecule has 3 rings (SSSR count). The summed E-state index contributed by atoms with van der Waals surface area (Å²) in [6, 6.07) is 3.93. The summed E-state index contributed by atoms with van der Waals surface area (Å²) in [6.45, 7) is 3.34. The number of halogens is 1. The zero-order valence-electron chi connectivity index (χ0n) is 11.8. The van der Waals surface area contributed by atoms with Crippen LogP contribution in [-0.4, -0.2) is 49.5 Å². The van der Waals surface area contributed by atoms with Gasteiger partial charge in [0.1, 0.15) is 5.82 Å². The molecule has 0 amide bonds. The number of thioether (sulfide) groups is 1. The van der Waals surface area contributed by atoms with Gasteiger partial charge < -0.3 is 4.74 Å². The number of hydrogen-bond acceptors (Lipinski definition) is 4. The van der Waals surface area contributed by atoms with E-state index in [-0.39, 0.29) is 16.2 Å². The van der Waals surface area contributed by atoms with E-state index in [1.807, 2.05) is 0 Å². The number of nitrogens with zero attached hydrogens (tertiary/aromatic N) is 1. The summed E-state index contributed by atoms with van der Waals surface area (Å²) in [5.74, 6) is 0.237. The van der Waals surface area contributed by atoms with Crippen LogP contribution in [-0.2, 0) is 14.8 Å². The van der Waals surface area contributed by atoms with E-state index >= 15 is 0 Å². The molecule has 0 radical (unpaired) electrons. The van der Waals surface area contributed by atoms with Gasteiger partial charge in [0, 0.05) is 30.2 Å². The predicted molar refractivity (Wildman–Crippen MR) is 80.5 cm³/mol. The molecular formula is C14H18FNO3S2. The molecule has 1 aromatic carbocycles. The van der Waals surface area contributed by atoms with Crippen molar-refractivity contribution in [1.29, 1.82) is 0 Å². The Kier molecular flexibility index (Phi) is 4.27. The normalized spacial score (nSPS) is 27.3. The minimum atomic E-state index is -3.65. The topological polar surface area (TPSA) is 46.6 Å². The van der Waals surface area contributed by atoms with E-state index in [4.69, 9.17) is 4.74 Å². The SMILES string of the molecule is Cc1cc(F)cc(S(=O)(=O)N2CCS[C@H]3COCC[C@@H]32)c1. The first kappa shape index (κ1) is 15.3. The largest absolute Gasteiger partial charge is 0.380 e. The molecule has 116 valence electrons. The van der Waals surface area contributed by atoms with Crippen molar-refractivity contribution in [2.24, 2.45) is 0 Å². The van der Waals surface area contributed by atoms with Crippen molar-refractivity contribution in [2.45, 2.75) is 29.5 Å². The smallest absolute Gasteiger partial charge is 0.243 e. The van der Waals surface area contributed by atoms with E-state index in [0.717, 1.165) is 11.8 Å². The van der Waals surface area contributed by atoms with E-state index in [1.165, 1.54) is 12.1 Å². The second-order valence-electron chi connectivity index (χ2n) is 5.42. The van der Waals surface area contributed by atoms with Crippen LogP contribution in [0, 0.1) is 12.7 Å². The summed E-state index contributed by atoms with van der Waals surface area (Å²) < 4.78 is 46.3. The zero-order chi connectivity index (χ0) is 15.0. The van der Waals surface area contributed by atoms with Crippen molar-refractivity contribution >= 4 is 21.8 Å². The van der Waals surface area contributed by atoms with Gasteiger partial charge in [0.05, 0.1) is 11.5 Å². The van der Waals surface area contributed by atoms with Crippen LogP contribution in [0.4, 0.5) is 4.39 Å². The van der Waals surface area contributed by atoms with Crippen LogP contribution < -0.4 is 0 Å². The third kappa shape index (κ3) is 2.97. The molecule has 0 unspecified atom stereocenters. The van der Waals surface area contributed by atoms with E-state index in [0.29, 0.717) is 31.7 Å². The van der Waals surface area contributed by atoms with Crippen molar-refractivity contribution in [3.8, 4) is 0 Å². The molecule has 2 fully saturated rings. The van der Waals surface area contributed by atoms with Crippen LogP contribution in [0.2, 0.25) is 0 Å². The van der Waals surface area contributed by atoms with Crippen molar-refractivity contribution in [3.05, 3.63) is 29.6 Å². The quantitative estimate of drug-likeness (QED) is 0.832. The number of benzene rings is 1. The van der Waals surface area contributed by atoms with Gasteiger partial charge in [-0.3, -0.25) is 0 Å². The monoisotopic (exact) mass is 331 g/mol. The van der Waals surface area contributed by atoms with Crippen molar-refractivity contribution < 1.29 is 17.5 Å². The van der Waals surface area contributed by atoms with Gasteiger partial charge in [-0.25, -0.2) is 12.8 Å². The second-order valence-corrected chi connectivity index (χ2v) is 8.66. The van der Waals surface area contributed by atoms with Gasteiger partial charge in [-0.05, 0) is 37.1 Å². The summed E-state index contributed by atoms with van der Waals surface area (Å²) in [5.41, 5.74) is 0.614. The molecule has 0 aromatic heterocycles. The maximum atomic E-state index is 13.6. The Labute approximate surface area is 128 Å². The molecule has 2 saturated heterocycles. The molecule has 4 nitrogen and oxygen atoms in total. The maximum absolute atomic E-state index is 13.6. The second kappa shape index (κ2) is 5.87. The van der Waals surface area contributed by atoms with Crippen LogP contribution in [0.1, 0.15) is 12.0 Å². The fourth-order valence-electron chi connectivity index (χ4n) is 2.93. The fourth-order valence-corrected chi connectivity index (χ4v) is 6.24. The third-order valence-electron chi connectivity index (χ3n) is 3.90. The van der Waals surface area contributed by atoms with Crippen LogP contribution in [0.5, 0.6) is 0 Å². The Bertz CT molecular complexity index is 613. The minimum absolute atomic E-state index is 0.0499. The van der Waals surface area contributed by atoms with Crippen molar-refractivity contribution in [2.75, 3.05) is 25.5 Å². The number of rotatable bonds is 2. The summed E-state index contributed by atoms with van der Waals surface area (Å²) in [6.07, 6.45) is 0.700. The van der Waals surface area contributed by atoms with Gasteiger partial charge in [-0.1, -0.05) is 0 Å². The van der Waals surface area contributed by atoms with Crippen molar-refractivity contribution in [3.63, 3.8) is 0 Å². The molecule has 0 N–H and O–H groups in total. The molecule has 2 heterocycles. The molecule has 0 bridgehead atoms. The van der Waals surface area contributed by atoms with Crippen LogP contribution in [0.25, 0.3) is 0 Å². The first-order chi connectivity index (χ1) is 9.98. The van der Waals surface area contributed by atoms with Crippen LogP contribution in [0.15, 0.2) is 23.1 Å². The number of ether oxygens (including phenoxy) is 1. The number of aryl methyl sites for hydroxylation is 1. The number of sulfonamides is 1. The van der Waals surface area contributed by atoms with Crippen LogP contribution in [0.3, 0.4) is 0 Å². The van der Waals surface area contributed by atoms with E-state index in [9.17, 15) is 12.8 Å². The standard InChI is InChI=1S/C14H18FNO3S2/c1-10-6-11(15)8-12(7-10)21(17,18)16-3-5-20-14-9-19-4-2-13(14)16/h6-8,13-14H,2-5,9H2,1H3/t13-,14-/m0/s1. The maximum Gasteiger partial charge on any atom is 0.243 e. The van der Waals surface area contributed by atoms with Gasteiger partial charge in [0.15, 0.2) is 0 Å². The highest BCUT2D eigenvalue weighted by molar-refractivity contribution is 8.00. The molecular weight excluding hydrogens is 313 g/mol. The Morgan fingerprint density at radius 1 is 1.38 bits per heavy atom. The Morgan fingerprint density at radius 2 is 2.19 bits per heavy atom. The fraction of sp³-hybridized carbons (Fsp3) is 0.571. The van der Waals surface area contributed by atoms with Gasteiger partial charge >= 0.3 is 0 Å². The lowest BCUT2D eigenvalue weighted by Crippen LogP contribution is -2.54. The Balaban J connectivity index is 1.96. The highest BCUT2D eigenvalue weighted by Gasteiger charge is 2.41. The van der Waals surface area contributed by atoms with E-state index in [1.54, 1.807) is 23.0 Å². The predicted octanol–water partition coefficient (Wildman–Crippen LogP) is 2.03. The van der Waals surface area contributed by atoms with Gasteiger partial charge in [0.2, 0.25) is 10.0 Å². The summed E-state index contributed by atoms with van der Waals surface area (Å²) in [7, 11) is -3.65. The molecule has 2 aliphatic rings. The molecule has 2 aliphatic heterocycles. The van der Waals surface area contributed by atoms with Crippen LogP contribution >= 0.6 is 11.8 Å². The summed E-state index contributed by atoms with van der Waals surface area (Å²) in [4.78, 5) is 0.0529. The average Bonchev–Trinajstić information content (AvgIpc) is 2.45. The van der Waals surface area contributed by atoms with Gasteiger partial charge in [-0.2, -0.15) is 16.1 Å².